The molecule has 0 aliphatic heterocycles. The van der Waals surface area contributed by atoms with Gasteiger partial charge in [0.25, 0.3) is 5.91 Å². The van der Waals surface area contributed by atoms with Gasteiger partial charge < -0.3 is 5.32 Å². The molecule has 5 nitrogen and oxygen atoms in total. The van der Waals surface area contributed by atoms with Crippen molar-refractivity contribution in [2.24, 2.45) is 5.92 Å². The first kappa shape index (κ1) is 19.4. The van der Waals surface area contributed by atoms with Crippen molar-refractivity contribution >= 4 is 33.2 Å². The maximum atomic E-state index is 12.4. The Morgan fingerprint density at radius 2 is 1.88 bits per heavy atom. The van der Waals surface area contributed by atoms with Crippen LogP contribution in [0.2, 0.25) is 5.02 Å². The van der Waals surface area contributed by atoms with Gasteiger partial charge in [0.2, 0.25) is 10.0 Å². The summed E-state index contributed by atoms with van der Waals surface area (Å²) in [6.07, 6.45) is 0. The number of rotatable bonds is 6. The third kappa shape index (κ3) is 5.29. The first-order chi connectivity index (χ1) is 11.7. The van der Waals surface area contributed by atoms with Crippen molar-refractivity contribution < 1.29 is 13.2 Å². The number of nitrogens with one attached hydrogen (secondary N) is 2. The Morgan fingerprint density at radius 1 is 1.16 bits per heavy atom. The van der Waals surface area contributed by atoms with E-state index in [-0.39, 0.29) is 16.4 Å². The molecule has 0 bridgehead atoms. The maximum absolute atomic E-state index is 12.4. The van der Waals surface area contributed by atoms with Gasteiger partial charge in [0, 0.05) is 22.8 Å². The molecule has 0 unspecified atom stereocenters. The Balaban J connectivity index is 2.19. The van der Waals surface area contributed by atoms with Crippen LogP contribution in [0.5, 0.6) is 0 Å². The van der Waals surface area contributed by atoms with Crippen molar-refractivity contribution in [3.05, 3.63) is 58.6 Å². The van der Waals surface area contributed by atoms with Crippen LogP contribution in [0.25, 0.3) is 0 Å². The van der Waals surface area contributed by atoms with Crippen LogP contribution in [0.15, 0.2) is 47.4 Å². The molecule has 2 aromatic rings. The van der Waals surface area contributed by atoms with Crippen molar-refractivity contribution in [3.63, 3.8) is 0 Å². The fourth-order valence-electron chi connectivity index (χ4n) is 2.04. The summed E-state index contributed by atoms with van der Waals surface area (Å²) in [5.41, 5.74) is 1.71. The van der Waals surface area contributed by atoms with Gasteiger partial charge in [-0.25, -0.2) is 13.1 Å². The largest absolute Gasteiger partial charge is 0.322 e. The molecule has 0 aromatic heterocycles. The summed E-state index contributed by atoms with van der Waals surface area (Å²) in [5, 5.41) is 3.26. The quantitative estimate of drug-likeness (QED) is 0.799. The van der Waals surface area contributed by atoms with E-state index >= 15 is 0 Å². The second kappa shape index (κ2) is 7.99. The van der Waals surface area contributed by atoms with Gasteiger partial charge in [-0.2, -0.15) is 0 Å². The summed E-state index contributed by atoms with van der Waals surface area (Å²) >= 11 is 6.05. The fraction of sp³-hybridized carbons (Fsp3) is 0.278. The number of hydrogen-bond donors (Lipinski definition) is 2. The van der Waals surface area contributed by atoms with E-state index in [0.717, 1.165) is 5.56 Å². The van der Waals surface area contributed by atoms with E-state index in [4.69, 9.17) is 11.6 Å². The highest BCUT2D eigenvalue weighted by Crippen LogP contribution is 2.21. The number of amides is 1. The molecule has 0 atom stereocenters. The van der Waals surface area contributed by atoms with Crippen LogP contribution >= 0.6 is 11.6 Å². The summed E-state index contributed by atoms with van der Waals surface area (Å²) in [6.45, 7) is 6.03. The van der Waals surface area contributed by atoms with Crippen molar-refractivity contribution in [2.45, 2.75) is 25.7 Å². The molecule has 0 radical (unpaired) electrons. The van der Waals surface area contributed by atoms with E-state index < -0.39 is 15.9 Å². The SMILES string of the molecule is Cc1ccc(NC(=O)c2cccc(S(=O)(=O)NCC(C)C)c2)cc1Cl. The lowest BCUT2D eigenvalue weighted by molar-refractivity contribution is 0.102. The van der Waals surface area contributed by atoms with Gasteiger partial charge in [-0.3, -0.25) is 4.79 Å². The zero-order valence-electron chi connectivity index (χ0n) is 14.3. The molecule has 134 valence electrons. The predicted octanol–water partition coefficient (Wildman–Crippen LogP) is 3.84. The molecule has 0 fully saturated rings. The molecule has 0 saturated heterocycles. The highest BCUT2D eigenvalue weighted by molar-refractivity contribution is 7.89. The maximum Gasteiger partial charge on any atom is 0.255 e. The van der Waals surface area contributed by atoms with E-state index in [1.807, 2.05) is 20.8 Å². The molecular weight excluding hydrogens is 360 g/mol. The fourth-order valence-corrected chi connectivity index (χ4v) is 3.48. The zero-order chi connectivity index (χ0) is 18.6. The minimum absolute atomic E-state index is 0.0581. The Morgan fingerprint density at radius 3 is 2.52 bits per heavy atom. The number of anilines is 1. The van der Waals surface area contributed by atoms with Crippen LogP contribution in [-0.4, -0.2) is 20.9 Å². The molecule has 0 spiro atoms. The summed E-state index contributed by atoms with van der Waals surface area (Å²) in [7, 11) is -3.65. The average Bonchev–Trinajstić information content (AvgIpc) is 2.56. The highest BCUT2D eigenvalue weighted by atomic mass is 35.5. The van der Waals surface area contributed by atoms with Gasteiger partial charge >= 0.3 is 0 Å². The van der Waals surface area contributed by atoms with Crippen LogP contribution in [0.4, 0.5) is 5.69 Å². The predicted molar refractivity (Wildman–Crippen MR) is 101 cm³/mol. The smallest absolute Gasteiger partial charge is 0.255 e. The lowest BCUT2D eigenvalue weighted by atomic mass is 10.2. The number of halogens is 1. The van der Waals surface area contributed by atoms with E-state index in [1.165, 1.54) is 12.1 Å². The molecule has 25 heavy (non-hydrogen) atoms. The topological polar surface area (TPSA) is 75.3 Å². The molecule has 0 aliphatic carbocycles. The Bertz CT molecular complexity index is 880. The molecule has 2 rings (SSSR count). The summed E-state index contributed by atoms with van der Waals surface area (Å²) in [6, 6.07) is 11.1. The van der Waals surface area contributed by atoms with E-state index in [2.05, 4.69) is 10.0 Å². The Kier molecular flexibility index (Phi) is 6.21. The molecule has 2 aromatic carbocycles. The third-order valence-corrected chi connectivity index (χ3v) is 5.35. The van der Waals surface area contributed by atoms with Gasteiger partial charge in [-0.15, -0.1) is 0 Å². The second-order valence-corrected chi connectivity index (χ2v) is 8.37. The normalized spacial score (nSPS) is 11.6. The number of benzene rings is 2. The number of aryl methyl sites for hydroxylation is 1. The molecule has 7 heteroatoms. The monoisotopic (exact) mass is 380 g/mol. The highest BCUT2D eigenvalue weighted by Gasteiger charge is 2.16. The summed E-state index contributed by atoms with van der Waals surface area (Å²) < 4.78 is 27.1. The van der Waals surface area contributed by atoms with Gasteiger partial charge in [-0.1, -0.05) is 37.6 Å². The van der Waals surface area contributed by atoms with Crippen molar-refractivity contribution in [3.8, 4) is 0 Å². The van der Waals surface area contributed by atoms with Crippen LogP contribution in [0, 0.1) is 12.8 Å². The minimum atomic E-state index is -3.65. The van der Waals surface area contributed by atoms with E-state index in [9.17, 15) is 13.2 Å². The Labute approximate surface area is 153 Å². The lowest BCUT2D eigenvalue weighted by Gasteiger charge is -2.11. The van der Waals surface area contributed by atoms with Crippen molar-refractivity contribution in [1.29, 1.82) is 0 Å². The molecule has 0 heterocycles. The van der Waals surface area contributed by atoms with Crippen LogP contribution in [0.1, 0.15) is 29.8 Å². The second-order valence-electron chi connectivity index (χ2n) is 6.19. The first-order valence-electron chi connectivity index (χ1n) is 7.86. The summed E-state index contributed by atoms with van der Waals surface area (Å²) in [5.74, 6) is -0.214. The average molecular weight is 381 g/mol. The molecule has 0 saturated carbocycles. The molecule has 0 aliphatic rings. The number of hydrogen-bond acceptors (Lipinski definition) is 3. The van der Waals surface area contributed by atoms with E-state index in [1.54, 1.807) is 30.3 Å². The van der Waals surface area contributed by atoms with Crippen LogP contribution < -0.4 is 10.0 Å². The molecule has 2 N–H and O–H groups in total. The van der Waals surface area contributed by atoms with Gasteiger partial charge in [0.15, 0.2) is 0 Å². The van der Waals surface area contributed by atoms with Crippen molar-refractivity contribution in [1.82, 2.24) is 4.72 Å². The summed E-state index contributed by atoms with van der Waals surface area (Å²) in [4.78, 5) is 12.4. The lowest BCUT2D eigenvalue weighted by Crippen LogP contribution is -2.27. The minimum Gasteiger partial charge on any atom is -0.322 e. The Hall–Kier alpha value is -1.89. The molecular formula is C18H21ClN2O3S. The van der Waals surface area contributed by atoms with Gasteiger partial charge in [0.05, 0.1) is 4.90 Å². The number of sulfonamides is 1. The third-order valence-electron chi connectivity index (χ3n) is 3.52. The number of carbonyl (C=O) groups excluding carboxylic acids is 1. The van der Waals surface area contributed by atoms with Crippen LogP contribution in [-0.2, 0) is 10.0 Å². The standard InChI is InChI=1S/C18H21ClN2O3S/c1-12(2)11-20-25(23,24)16-6-4-5-14(9-16)18(22)21-15-8-7-13(3)17(19)10-15/h4-10,12,20H,11H2,1-3H3,(H,21,22). The van der Waals surface area contributed by atoms with Crippen LogP contribution in [0.3, 0.4) is 0 Å². The zero-order valence-corrected chi connectivity index (χ0v) is 15.9. The van der Waals surface area contributed by atoms with Gasteiger partial charge in [-0.05, 0) is 48.7 Å². The van der Waals surface area contributed by atoms with E-state index in [0.29, 0.717) is 17.3 Å². The number of carbonyl (C=O) groups is 1. The van der Waals surface area contributed by atoms with Gasteiger partial charge in [0.1, 0.15) is 0 Å². The first-order valence-corrected chi connectivity index (χ1v) is 9.72. The van der Waals surface area contributed by atoms with Crippen molar-refractivity contribution in [2.75, 3.05) is 11.9 Å². The molecule has 1 amide bonds.